The van der Waals surface area contributed by atoms with Crippen LogP contribution in [0.2, 0.25) is 0 Å². The summed E-state index contributed by atoms with van der Waals surface area (Å²) in [5.41, 5.74) is 3.05. The van der Waals surface area contributed by atoms with E-state index < -0.39 is 0 Å². The predicted octanol–water partition coefficient (Wildman–Crippen LogP) is 3.67. The molecule has 7 heteroatoms. The van der Waals surface area contributed by atoms with Gasteiger partial charge in [-0.1, -0.05) is 12.1 Å². The lowest BCUT2D eigenvalue weighted by Gasteiger charge is -2.20. The average Bonchev–Trinajstić information content (AvgIpc) is 3.48. The van der Waals surface area contributed by atoms with Crippen LogP contribution in [0.3, 0.4) is 0 Å². The fourth-order valence-corrected chi connectivity index (χ4v) is 3.59. The number of carbonyl (C=O) groups excluding carboxylic acids is 1. The second-order valence-electron chi connectivity index (χ2n) is 7.03. The van der Waals surface area contributed by atoms with E-state index >= 15 is 0 Å². The molecule has 1 aliphatic heterocycles. The molecule has 0 radical (unpaired) electrons. The summed E-state index contributed by atoms with van der Waals surface area (Å²) in [6.45, 7) is 1.85. The minimum atomic E-state index is -0.206. The Hall–Kier alpha value is -3.74. The Labute approximate surface area is 168 Å². The molecule has 0 aliphatic carbocycles. The molecule has 1 saturated heterocycles. The normalized spacial score (nSPS) is 13.7. The summed E-state index contributed by atoms with van der Waals surface area (Å²) in [5.74, 6) is 1.04. The summed E-state index contributed by atoms with van der Waals surface area (Å²) >= 11 is 0. The Kier molecular flexibility index (Phi) is 4.40. The molecule has 5 rings (SSSR count). The Bertz CT molecular complexity index is 1150. The van der Waals surface area contributed by atoms with Crippen molar-refractivity contribution in [2.45, 2.75) is 12.8 Å². The zero-order valence-electron chi connectivity index (χ0n) is 15.8. The van der Waals surface area contributed by atoms with Crippen molar-refractivity contribution in [2.24, 2.45) is 0 Å². The van der Waals surface area contributed by atoms with Crippen LogP contribution in [0, 0.1) is 0 Å². The molecule has 4 aromatic rings. The van der Waals surface area contributed by atoms with Crippen LogP contribution in [0.4, 0.5) is 11.6 Å². The number of hydrogen-bond donors (Lipinski definition) is 1. The number of nitrogens with zero attached hydrogens (tertiary/aromatic N) is 5. The summed E-state index contributed by atoms with van der Waals surface area (Å²) in [6.07, 6.45) is 5.83. The third-order valence-electron chi connectivity index (χ3n) is 5.09. The molecule has 3 heterocycles. The highest BCUT2D eigenvalue weighted by molar-refractivity contribution is 6.05. The summed E-state index contributed by atoms with van der Waals surface area (Å²) in [7, 11) is 0. The highest BCUT2D eigenvalue weighted by Gasteiger charge is 2.21. The van der Waals surface area contributed by atoms with Gasteiger partial charge in [-0.2, -0.15) is 5.10 Å². The van der Waals surface area contributed by atoms with Crippen molar-refractivity contribution in [2.75, 3.05) is 23.3 Å². The van der Waals surface area contributed by atoms with Crippen molar-refractivity contribution in [3.63, 3.8) is 0 Å². The molecule has 0 unspecified atom stereocenters. The van der Waals surface area contributed by atoms with E-state index in [2.05, 4.69) is 15.3 Å². The number of para-hydroxylation sites is 2. The number of hydrogen-bond acceptors (Lipinski definition) is 5. The maximum atomic E-state index is 12.9. The molecule has 2 aromatic heterocycles. The van der Waals surface area contributed by atoms with Crippen LogP contribution in [-0.2, 0) is 0 Å². The molecule has 144 valence electrons. The molecule has 1 fully saturated rings. The number of amides is 1. The van der Waals surface area contributed by atoms with E-state index in [1.54, 1.807) is 23.0 Å². The monoisotopic (exact) mass is 384 g/mol. The van der Waals surface area contributed by atoms with Crippen molar-refractivity contribution >= 4 is 28.6 Å². The van der Waals surface area contributed by atoms with Gasteiger partial charge in [-0.3, -0.25) is 4.79 Å². The van der Waals surface area contributed by atoms with E-state index in [4.69, 9.17) is 9.97 Å². The third kappa shape index (κ3) is 3.42. The first kappa shape index (κ1) is 17.4. The standard InChI is InChI=1S/C22H20N6O/c29-22(16-8-10-17(11-9-16)28-15-5-12-23-28)26-20-21(27-13-3-4-14-27)25-19-7-2-1-6-18(19)24-20/h1-2,5-12,15H,3-4,13-14H2,(H,24,26,29). The van der Waals surface area contributed by atoms with Gasteiger partial charge in [0.2, 0.25) is 0 Å². The zero-order valence-corrected chi connectivity index (χ0v) is 15.8. The molecular formula is C22H20N6O. The first-order valence-electron chi connectivity index (χ1n) is 9.71. The van der Waals surface area contributed by atoms with E-state index in [0.717, 1.165) is 48.5 Å². The van der Waals surface area contributed by atoms with Gasteiger partial charge in [-0.25, -0.2) is 14.6 Å². The minimum Gasteiger partial charge on any atom is -0.354 e. The van der Waals surface area contributed by atoms with Gasteiger partial charge < -0.3 is 10.2 Å². The number of aromatic nitrogens is 4. The van der Waals surface area contributed by atoms with Crippen LogP contribution in [0.1, 0.15) is 23.2 Å². The number of anilines is 2. The second kappa shape index (κ2) is 7.35. The molecule has 29 heavy (non-hydrogen) atoms. The lowest BCUT2D eigenvalue weighted by molar-refractivity contribution is 0.102. The molecule has 1 N–H and O–H groups in total. The van der Waals surface area contributed by atoms with E-state index in [0.29, 0.717) is 11.4 Å². The van der Waals surface area contributed by atoms with Crippen LogP contribution in [0.5, 0.6) is 0 Å². The SMILES string of the molecule is O=C(Nc1nc2ccccc2nc1N1CCCC1)c1ccc(-n2cccn2)cc1. The van der Waals surface area contributed by atoms with Crippen molar-refractivity contribution in [1.82, 2.24) is 19.7 Å². The summed E-state index contributed by atoms with van der Waals surface area (Å²) in [4.78, 5) is 24.6. The lowest BCUT2D eigenvalue weighted by Crippen LogP contribution is -2.23. The number of benzene rings is 2. The Balaban J connectivity index is 1.45. The molecule has 1 aliphatic rings. The highest BCUT2D eigenvalue weighted by Crippen LogP contribution is 2.28. The van der Waals surface area contributed by atoms with Crippen molar-refractivity contribution < 1.29 is 4.79 Å². The van der Waals surface area contributed by atoms with Crippen LogP contribution >= 0.6 is 0 Å². The number of carbonyl (C=O) groups is 1. The highest BCUT2D eigenvalue weighted by atomic mass is 16.1. The topological polar surface area (TPSA) is 75.9 Å². The van der Waals surface area contributed by atoms with Crippen LogP contribution in [0.15, 0.2) is 67.0 Å². The Morgan fingerprint density at radius 3 is 2.31 bits per heavy atom. The first-order valence-corrected chi connectivity index (χ1v) is 9.71. The van der Waals surface area contributed by atoms with E-state index in [1.807, 2.05) is 48.7 Å². The molecule has 0 atom stereocenters. The lowest BCUT2D eigenvalue weighted by atomic mass is 10.2. The molecule has 0 spiro atoms. The zero-order chi connectivity index (χ0) is 19.6. The minimum absolute atomic E-state index is 0.206. The first-order chi connectivity index (χ1) is 14.3. The summed E-state index contributed by atoms with van der Waals surface area (Å²) in [5, 5.41) is 7.18. The van der Waals surface area contributed by atoms with Gasteiger partial charge in [-0.05, 0) is 55.3 Å². The van der Waals surface area contributed by atoms with Gasteiger partial charge in [0, 0.05) is 31.0 Å². The van der Waals surface area contributed by atoms with Gasteiger partial charge in [0.15, 0.2) is 11.6 Å². The maximum absolute atomic E-state index is 12.9. The van der Waals surface area contributed by atoms with E-state index in [1.165, 1.54) is 0 Å². The summed E-state index contributed by atoms with van der Waals surface area (Å²) < 4.78 is 1.75. The van der Waals surface area contributed by atoms with Gasteiger partial charge in [0.25, 0.3) is 5.91 Å². The van der Waals surface area contributed by atoms with E-state index in [9.17, 15) is 4.79 Å². The van der Waals surface area contributed by atoms with Crippen molar-refractivity contribution in [3.05, 3.63) is 72.6 Å². The van der Waals surface area contributed by atoms with Crippen molar-refractivity contribution in [1.29, 1.82) is 0 Å². The average molecular weight is 384 g/mol. The predicted molar refractivity (Wildman–Crippen MR) is 113 cm³/mol. The van der Waals surface area contributed by atoms with Gasteiger partial charge in [0.05, 0.1) is 16.7 Å². The number of nitrogens with one attached hydrogen (secondary N) is 1. The van der Waals surface area contributed by atoms with Gasteiger partial charge in [-0.15, -0.1) is 0 Å². The second-order valence-corrected chi connectivity index (χ2v) is 7.03. The number of fused-ring (bicyclic) bond motifs is 1. The maximum Gasteiger partial charge on any atom is 0.256 e. The van der Waals surface area contributed by atoms with Crippen LogP contribution < -0.4 is 10.2 Å². The molecule has 0 bridgehead atoms. The van der Waals surface area contributed by atoms with Crippen LogP contribution in [0.25, 0.3) is 16.7 Å². The molecule has 2 aromatic carbocycles. The largest absolute Gasteiger partial charge is 0.354 e. The Morgan fingerprint density at radius 1 is 0.897 bits per heavy atom. The quantitative estimate of drug-likeness (QED) is 0.581. The third-order valence-corrected chi connectivity index (χ3v) is 5.09. The smallest absolute Gasteiger partial charge is 0.256 e. The molecule has 1 amide bonds. The molecular weight excluding hydrogens is 364 g/mol. The summed E-state index contributed by atoms with van der Waals surface area (Å²) in [6, 6.07) is 16.9. The fraction of sp³-hybridized carbons (Fsp3) is 0.182. The molecule has 0 saturated carbocycles. The fourth-order valence-electron chi connectivity index (χ4n) is 3.59. The van der Waals surface area contributed by atoms with Crippen molar-refractivity contribution in [3.8, 4) is 5.69 Å². The Morgan fingerprint density at radius 2 is 1.62 bits per heavy atom. The van der Waals surface area contributed by atoms with Crippen LogP contribution in [-0.4, -0.2) is 38.7 Å². The van der Waals surface area contributed by atoms with E-state index in [-0.39, 0.29) is 5.91 Å². The van der Waals surface area contributed by atoms with Gasteiger partial charge >= 0.3 is 0 Å². The number of rotatable bonds is 4. The molecule has 7 nitrogen and oxygen atoms in total. The van der Waals surface area contributed by atoms with Gasteiger partial charge in [0.1, 0.15) is 0 Å².